The summed E-state index contributed by atoms with van der Waals surface area (Å²) in [6.45, 7) is 0.133. The number of carbonyl (C=O) groups is 1. The molecule has 0 atom stereocenters. The van der Waals surface area contributed by atoms with Crippen molar-refractivity contribution in [2.75, 3.05) is 6.79 Å². The molecule has 134 valence electrons. The van der Waals surface area contributed by atoms with Crippen LogP contribution in [0.3, 0.4) is 0 Å². The largest absolute Gasteiger partial charge is 0.455 e. The van der Waals surface area contributed by atoms with E-state index in [0.29, 0.717) is 34.3 Å². The van der Waals surface area contributed by atoms with Crippen LogP contribution in [0.25, 0.3) is 22.5 Å². The lowest BCUT2D eigenvalue weighted by Gasteiger charge is -2.03. The number of rotatable bonds is 4. The number of esters is 1. The van der Waals surface area contributed by atoms with Crippen molar-refractivity contribution in [3.8, 4) is 23.0 Å². The second kappa shape index (κ2) is 6.21. The van der Waals surface area contributed by atoms with E-state index in [-0.39, 0.29) is 13.4 Å². The highest BCUT2D eigenvalue weighted by atomic mass is 16.7. The lowest BCUT2D eigenvalue weighted by atomic mass is 10.2. The Balaban J connectivity index is 1.28. The number of ether oxygens (including phenoxy) is 3. The van der Waals surface area contributed by atoms with Crippen molar-refractivity contribution in [2.45, 2.75) is 6.61 Å². The SMILES string of the molecule is O=C(OCc1cc(-c2cc3ccccc3o2)on1)c1ccc2c(c1)OCO2. The maximum atomic E-state index is 12.2. The summed E-state index contributed by atoms with van der Waals surface area (Å²) in [5.74, 6) is 1.69. The summed E-state index contributed by atoms with van der Waals surface area (Å²) in [6.07, 6.45) is 0. The van der Waals surface area contributed by atoms with Gasteiger partial charge in [-0.15, -0.1) is 0 Å². The lowest BCUT2D eigenvalue weighted by molar-refractivity contribution is 0.0464. The third kappa shape index (κ3) is 2.89. The van der Waals surface area contributed by atoms with Gasteiger partial charge in [0.15, 0.2) is 17.3 Å². The molecule has 1 aliphatic rings. The fraction of sp³-hybridized carbons (Fsp3) is 0.100. The predicted molar refractivity (Wildman–Crippen MR) is 93.4 cm³/mol. The molecule has 0 N–H and O–H groups in total. The first kappa shape index (κ1) is 15.5. The van der Waals surface area contributed by atoms with Gasteiger partial charge in [0.05, 0.1) is 5.56 Å². The van der Waals surface area contributed by atoms with Gasteiger partial charge in [-0.1, -0.05) is 23.4 Å². The molecule has 0 spiro atoms. The van der Waals surface area contributed by atoms with Gasteiger partial charge in [-0.2, -0.15) is 0 Å². The molecule has 7 nitrogen and oxygen atoms in total. The van der Waals surface area contributed by atoms with Gasteiger partial charge < -0.3 is 23.2 Å². The highest BCUT2D eigenvalue weighted by molar-refractivity contribution is 5.90. The smallest absolute Gasteiger partial charge is 0.338 e. The van der Waals surface area contributed by atoms with Crippen LogP contribution in [-0.2, 0) is 11.3 Å². The van der Waals surface area contributed by atoms with Crippen molar-refractivity contribution in [2.24, 2.45) is 0 Å². The maximum absolute atomic E-state index is 12.2. The topological polar surface area (TPSA) is 83.9 Å². The summed E-state index contributed by atoms with van der Waals surface area (Å²) >= 11 is 0. The standard InChI is InChI=1S/C20H13NO6/c22-20(13-5-6-16-17(8-13)25-11-24-16)23-10-14-9-19(27-21-14)18-7-12-3-1-2-4-15(12)26-18/h1-9H,10-11H2. The Morgan fingerprint density at radius 2 is 1.89 bits per heavy atom. The Bertz CT molecular complexity index is 1110. The zero-order valence-corrected chi connectivity index (χ0v) is 14.0. The zero-order chi connectivity index (χ0) is 18.2. The lowest BCUT2D eigenvalue weighted by Crippen LogP contribution is -2.05. The maximum Gasteiger partial charge on any atom is 0.338 e. The molecule has 0 bridgehead atoms. The van der Waals surface area contributed by atoms with Crippen LogP contribution in [0.15, 0.2) is 63.5 Å². The van der Waals surface area contributed by atoms with Crippen LogP contribution >= 0.6 is 0 Å². The van der Waals surface area contributed by atoms with Crippen LogP contribution in [-0.4, -0.2) is 17.9 Å². The van der Waals surface area contributed by atoms with Crippen LogP contribution in [0.1, 0.15) is 16.1 Å². The minimum Gasteiger partial charge on any atom is -0.455 e. The second-order valence-corrected chi connectivity index (χ2v) is 5.98. The molecule has 2 aromatic carbocycles. The van der Waals surface area contributed by atoms with Crippen LogP contribution in [0.2, 0.25) is 0 Å². The van der Waals surface area contributed by atoms with Crippen LogP contribution in [0.4, 0.5) is 0 Å². The van der Waals surface area contributed by atoms with E-state index in [0.717, 1.165) is 11.0 Å². The van der Waals surface area contributed by atoms with E-state index in [9.17, 15) is 4.79 Å². The van der Waals surface area contributed by atoms with E-state index in [1.165, 1.54) is 0 Å². The van der Waals surface area contributed by atoms with E-state index in [2.05, 4.69) is 5.16 Å². The predicted octanol–water partition coefficient (Wildman–Crippen LogP) is 4.17. The average molecular weight is 363 g/mol. The van der Waals surface area contributed by atoms with Crippen LogP contribution < -0.4 is 9.47 Å². The third-order valence-electron chi connectivity index (χ3n) is 4.19. The first-order chi connectivity index (χ1) is 13.3. The Labute approximate surface area is 153 Å². The number of furan rings is 1. The van der Waals surface area contributed by atoms with Crippen molar-refractivity contribution in [1.82, 2.24) is 5.16 Å². The highest BCUT2D eigenvalue weighted by Crippen LogP contribution is 2.33. The molecule has 0 radical (unpaired) electrons. The highest BCUT2D eigenvalue weighted by Gasteiger charge is 2.18. The minimum absolute atomic E-state index is 0.0169. The van der Waals surface area contributed by atoms with E-state index < -0.39 is 5.97 Å². The van der Waals surface area contributed by atoms with Crippen molar-refractivity contribution >= 4 is 16.9 Å². The Morgan fingerprint density at radius 1 is 1.00 bits per heavy atom. The van der Waals surface area contributed by atoms with Crippen molar-refractivity contribution in [1.29, 1.82) is 0 Å². The molecule has 1 aliphatic heterocycles. The average Bonchev–Trinajstić information content (AvgIpc) is 3.43. The fourth-order valence-corrected chi connectivity index (χ4v) is 2.85. The van der Waals surface area contributed by atoms with Gasteiger partial charge in [0.2, 0.25) is 12.6 Å². The number of hydrogen-bond donors (Lipinski definition) is 0. The molecule has 2 aromatic heterocycles. The normalized spacial score (nSPS) is 12.4. The number of aromatic nitrogens is 1. The fourth-order valence-electron chi connectivity index (χ4n) is 2.85. The Kier molecular flexibility index (Phi) is 3.57. The molecule has 0 fully saturated rings. The van der Waals surface area contributed by atoms with Gasteiger partial charge in [0, 0.05) is 11.5 Å². The van der Waals surface area contributed by atoms with E-state index in [1.807, 2.05) is 30.3 Å². The van der Waals surface area contributed by atoms with E-state index in [4.69, 9.17) is 23.2 Å². The number of nitrogens with zero attached hydrogens (tertiary/aromatic N) is 1. The molecular weight excluding hydrogens is 350 g/mol. The number of benzene rings is 2. The summed E-state index contributed by atoms with van der Waals surface area (Å²) in [4.78, 5) is 12.2. The van der Waals surface area contributed by atoms with Gasteiger partial charge in [0.1, 0.15) is 17.9 Å². The molecular formula is C20H13NO6. The Morgan fingerprint density at radius 3 is 2.81 bits per heavy atom. The molecule has 0 saturated heterocycles. The van der Waals surface area contributed by atoms with Gasteiger partial charge in [-0.3, -0.25) is 0 Å². The molecule has 7 heteroatoms. The molecule has 0 amide bonds. The second-order valence-electron chi connectivity index (χ2n) is 5.98. The van der Waals surface area contributed by atoms with Crippen LogP contribution in [0.5, 0.6) is 11.5 Å². The molecule has 4 aromatic rings. The zero-order valence-electron chi connectivity index (χ0n) is 14.0. The molecule has 5 rings (SSSR count). The number of hydrogen-bond acceptors (Lipinski definition) is 7. The summed E-state index contributed by atoms with van der Waals surface area (Å²) in [5.41, 5.74) is 1.62. The van der Waals surface area contributed by atoms with E-state index >= 15 is 0 Å². The summed E-state index contributed by atoms with van der Waals surface area (Å²) < 4.78 is 26.8. The summed E-state index contributed by atoms with van der Waals surface area (Å²) in [6, 6.07) is 16.1. The number of para-hydroxylation sites is 1. The molecule has 0 unspecified atom stereocenters. The molecule has 3 heterocycles. The van der Waals surface area contributed by atoms with E-state index in [1.54, 1.807) is 24.3 Å². The molecule has 27 heavy (non-hydrogen) atoms. The first-order valence-electron chi connectivity index (χ1n) is 8.27. The van der Waals surface area contributed by atoms with Crippen molar-refractivity contribution in [3.05, 3.63) is 65.9 Å². The number of fused-ring (bicyclic) bond motifs is 2. The van der Waals surface area contributed by atoms with Crippen molar-refractivity contribution < 1.29 is 27.9 Å². The van der Waals surface area contributed by atoms with Gasteiger partial charge in [-0.25, -0.2) is 4.79 Å². The van der Waals surface area contributed by atoms with Crippen molar-refractivity contribution in [3.63, 3.8) is 0 Å². The quantitative estimate of drug-likeness (QED) is 0.503. The molecule has 0 saturated carbocycles. The van der Waals surface area contributed by atoms with Crippen LogP contribution in [0, 0.1) is 0 Å². The van der Waals surface area contributed by atoms with Gasteiger partial charge in [0.25, 0.3) is 0 Å². The first-order valence-corrected chi connectivity index (χ1v) is 8.27. The monoisotopic (exact) mass is 363 g/mol. The van der Waals surface area contributed by atoms with Gasteiger partial charge >= 0.3 is 5.97 Å². The minimum atomic E-state index is -0.485. The van der Waals surface area contributed by atoms with Gasteiger partial charge in [-0.05, 0) is 30.3 Å². The number of carbonyl (C=O) groups excluding carboxylic acids is 1. The summed E-state index contributed by atoms with van der Waals surface area (Å²) in [5, 5.41) is 4.90. The third-order valence-corrected chi connectivity index (χ3v) is 4.19. The molecule has 0 aliphatic carbocycles. The Hall–Kier alpha value is -3.74. The summed E-state index contributed by atoms with van der Waals surface area (Å²) in [7, 11) is 0.